The number of carbonyl (C=O) groups is 1. The van der Waals surface area contributed by atoms with Gasteiger partial charge in [0.15, 0.2) is 4.77 Å². The monoisotopic (exact) mass is 298 g/mol. The summed E-state index contributed by atoms with van der Waals surface area (Å²) in [5.74, 6) is -1.79. The Bertz CT molecular complexity index is 863. The Balaban J connectivity index is 2.31. The number of rotatable bonds is 1. The van der Waals surface area contributed by atoms with Crippen molar-refractivity contribution in [3.8, 4) is 6.07 Å². The van der Waals surface area contributed by atoms with Crippen LogP contribution >= 0.6 is 12.2 Å². The van der Waals surface area contributed by atoms with Gasteiger partial charge in [-0.2, -0.15) is 5.26 Å². The minimum atomic E-state index is -0.967. The van der Waals surface area contributed by atoms with E-state index in [0.29, 0.717) is 5.56 Å². The molecule has 2 heterocycles. The van der Waals surface area contributed by atoms with Gasteiger partial charge in [0.05, 0.1) is 11.6 Å². The molecule has 1 aromatic heterocycles. The van der Waals surface area contributed by atoms with E-state index in [1.807, 2.05) is 12.1 Å². The highest BCUT2D eigenvalue weighted by Gasteiger charge is 2.39. The molecule has 1 aliphatic rings. The van der Waals surface area contributed by atoms with Gasteiger partial charge in [0.2, 0.25) is 5.91 Å². The van der Waals surface area contributed by atoms with E-state index in [-0.39, 0.29) is 10.6 Å². The molecule has 104 valence electrons. The summed E-state index contributed by atoms with van der Waals surface area (Å²) in [7, 11) is 0. The number of hydrogen-bond donors (Lipinski definition) is 3. The zero-order valence-electron chi connectivity index (χ0n) is 10.7. The van der Waals surface area contributed by atoms with Crippen molar-refractivity contribution in [3.63, 3.8) is 0 Å². The zero-order valence-corrected chi connectivity index (χ0v) is 11.5. The molecular formula is C14H10N4O2S. The fourth-order valence-electron chi connectivity index (χ4n) is 2.56. The summed E-state index contributed by atoms with van der Waals surface area (Å²) in [6.07, 6.45) is 0. The zero-order chi connectivity index (χ0) is 15.0. The molecule has 3 rings (SSSR count). The second-order valence-corrected chi connectivity index (χ2v) is 5.09. The molecule has 1 amide bonds. The van der Waals surface area contributed by atoms with Crippen LogP contribution in [-0.4, -0.2) is 15.9 Å². The summed E-state index contributed by atoms with van der Waals surface area (Å²) in [4.78, 5) is 29.6. The summed E-state index contributed by atoms with van der Waals surface area (Å²) in [6.45, 7) is 0. The van der Waals surface area contributed by atoms with Gasteiger partial charge < -0.3 is 10.3 Å². The Morgan fingerprint density at radius 1 is 1.14 bits per heavy atom. The molecule has 3 N–H and O–H groups in total. The molecule has 0 saturated carbocycles. The molecule has 6 nitrogen and oxygen atoms in total. The molecule has 0 saturated heterocycles. The van der Waals surface area contributed by atoms with Gasteiger partial charge in [0, 0.05) is 5.92 Å². The van der Waals surface area contributed by atoms with E-state index in [1.54, 1.807) is 24.3 Å². The number of benzene rings is 1. The highest BCUT2D eigenvalue weighted by Crippen LogP contribution is 2.37. The predicted molar refractivity (Wildman–Crippen MR) is 78.3 cm³/mol. The minimum absolute atomic E-state index is 0.126. The first-order chi connectivity index (χ1) is 10.1. The van der Waals surface area contributed by atoms with E-state index in [2.05, 4.69) is 15.3 Å². The summed E-state index contributed by atoms with van der Waals surface area (Å²) in [6, 6.07) is 11.0. The number of aromatic nitrogens is 2. The molecule has 2 aromatic rings. The van der Waals surface area contributed by atoms with Gasteiger partial charge in [-0.25, -0.2) is 0 Å². The molecule has 1 aliphatic heterocycles. The SMILES string of the molecule is N#C[C@H]1C(=O)Nc2[nH]c(=S)[nH]c(=O)c2[C@H]1c1ccccc1. The minimum Gasteiger partial charge on any atom is -0.318 e. The van der Waals surface area contributed by atoms with Crippen LogP contribution in [0.3, 0.4) is 0 Å². The molecule has 2 atom stereocenters. The van der Waals surface area contributed by atoms with Gasteiger partial charge >= 0.3 is 0 Å². The van der Waals surface area contributed by atoms with E-state index in [4.69, 9.17) is 12.2 Å². The normalized spacial score (nSPS) is 20.2. The Morgan fingerprint density at radius 2 is 1.86 bits per heavy atom. The van der Waals surface area contributed by atoms with Crippen LogP contribution in [0.25, 0.3) is 0 Å². The van der Waals surface area contributed by atoms with Crippen molar-refractivity contribution in [1.82, 2.24) is 9.97 Å². The molecule has 0 fully saturated rings. The standard InChI is InChI=1S/C14H10N4O2S/c15-6-8-9(7-4-2-1-3-5-7)10-11(16-12(8)19)17-14(21)18-13(10)20/h1-5,8-9H,(H3,16,17,18,19,20,21)/t8-,9+/m1/s1. The van der Waals surface area contributed by atoms with Gasteiger partial charge in [0.25, 0.3) is 5.56 Å². The smallest absolute Gasteiger partial charge is 0.257 e. The molecule has 0 radical (unpaired) electrons. The fourth-order valence-corrected chi connectivity index (χ4v) is 2.76. The molecule has 0 bridgehead atoms. The first kappa shape index (κ1) is 13.3. The number of fused-ring (bicyclic) bond motifs is 1. The Kier molecular flexibility index (Phi) is 3.16. The van der Waals surface area contributed by atoms with Crippen LogP contribution in [0.1, 0.15) is 17.0 Å². The van der Waals surface area contributed by atoms with Gasteiger partial charge in [0.1, 0.15) is 11.7 Å². The maximum atomic E-state index is 12.2. The fraction of sp³-hybridized carbons (Fsp3) is 0.143. The third-order valence-electron chi connectivity index (χ3n) is 3.45. The molecule has 21 heavy (non-hydrogen) atoms. The Morgan fingerprint density at radius 3 is 2.52 bits per heavy atom. The van der Waals surface area contributed by atoms with E-state index >= 15 is 0 Å². The lowest BCUT2D eigenvalue weighted by Gasteiger charge is -2.28. The van der Waals surface area contributed by atoms with E-state index in [1.165, 1.54) is 0 Å². The van der Waals surface area contributed by atoms with Gasteiger partial charge in [-0.15, -0.1) is 0 Å². The molecule has 7 heteroatoms. The third kappa shape index (κ3) is 2.15. The first-order valence-electron chi connectivity index (χ1n) is 6.23. The highest BCUT2D eigenvalue weighted by atomic mass is 32.1. The molecular weight excluding hydrogens is 288 g/mol. The highest BCUT2D eigenvalue weighted by molar-refractivity contribution is 7.71. The summed E-state index contributed by atoms with van der Waals surface area (Å²) in [5, 5.41) is 11.8. The second kappa shape index (κ2) is 5.00. The van der Waals surface area contributed by atoms with Crippen molar-refractivity contribution in [2.24, 2.45) is 5.92 Å². The lowest BCUT2D eigenvalue weighted by molar-refractivity contribution is -0.119. The van der Waals surface area contributed by atoms with Crippen molar-refractivity contribution < 1.29 is 4.79 Å². The number of amides is 1. The lowest BCUT2D eigenvalue weighted by Crippen LogP contribution is -2.38. The predicted octanol–water partition coefficient (Wildman–Crippen LogP) is 1.66. The van der Waals surface area contributed by atoms with E-state index < -0.39 is 23.3 Å². The van der Waals surface area contributed by atoms with E-state index in [9.17, 15) is 14.9 Å². The molecule has 0 spiro atoms. The van der Waals surface area contributed by atoms with E-state index in [0.717, 1.165) is 5.56 Å². The quantitative estimate of drug-likeness (QED) is 0.697. The number of nitriles is 1. The van der Waals surface area contributed by atoms with Crippen LogP contribution in [0.2, 0.25) is 0 Å². The second-order valence-electron chi connectivity index (χ2n) is 4.68. The third-order valence-corrected chi connectivity index (χ3v) is 3.66. The molecule has 0 unspecified atom stereocenters. The summed E-state index contributed by atoms with van der Waals surface area (Å²) >= 11 is 4.91. The average Bonchev–Trinajstić information content (AvgIpc) is 2.46. The number of anilines is 1. The van der Waals surface area contributed by atoms with Crippen molar-refractivity contribution in [3.05, 3.63) is 56.6 Å². The Labute approximate surface area is 124 Å². The molecule has 1 aromatic carbocycles. The summed E-state index contributed by atoms with van der Waals surface area (Å²) in [5.41, 5.74) is 0.653. The van der Waals surface area contributed by atoms with Crippen LogP contribution in [0, 0.1) is 22.0 Å². The van der Waals surface area contributed by atoms with Crippen LogP contribution in [-0.2, 0) is 4.79 Å². The maximum Gasteiger partial charge on any atom is 0.257 e. The van der Waals surface area contributed by atoms with Crippen LogP contribution in [0.5, 0.6) is 0 Å². The van der Waals surface area contributed by atoms with Crippen molar-refractivity contribution >= 4 is 23.9 Å². The Hall–Kier alpha value is -2.72. The van der Waals surface area contributed by atoms with Crippen molar-refractivity contribution in [1.29, 1.82) is 5.26 Å². The van der Waals surface area contributed by atoms with Crippen LogP contribution in [0.15, 0.2) is 35.1 Å². The van der Waals surface area contributed by atoms with Crippen molar-refractivity contribution in [2.45, 2.75) is 5.92 Å². The number of carbonyl (C=O) groups excluding carboxylic acids is 1. The maximum absolute atomic E-state index is 12.2. The van der Waals surface area contributed by atoms with Crippen molar-refractivity contribution in [2.75, 3.05) is 5.32 Å². The summed E-state index contributed by atoms with van der Waals surface area (Å²) < 4.78 is 0.126. The average molecular weight is 298 g/mol. The number of hydrogen-bond acceptors (Lipinski definition) is 4. The van der Waals surface area contributed by atoms with Crippen LogP contribution in [0.4, 0.5) is 5.82 Å². The van der Waals surface area contributed by atoms with Gasteiger partial charge in [-0.3, -0.25) is 14.6 Å². The number of aromatic amines is 2. The number of nitrogens with one attached hydrogen (secondary N) is 3. The number of H-pyrrole nitrogens is 2. The number of nitrogens with zero attached hydrogens (tertiary/aromatic N) is 1. The van der Waals surface area contributed by atoms with Gasteiger partial charge in [-0.05, 0) is 17.8 Å². The lowest BCUT2D eigenvalue weighted by atomic mass is 9.79. The van der Waals surface area contributed by atoms with Crippen LogP contribution < -0.4 is 10.9 Å². The largest absolute Gasteiger partial charge is 0.318 e. The first-order valence-corrected chi connectivity index (χ1v) is 6.64. The van der Waals surface area contributed by atoms with Gasteiger partial charge in [-0.1, -0.05) is 30.3 Å². The molecule has 0 aliphatic carbocycles. The topological polar surface area (TPSA) is 102 Å².